The number of nitrogens with one attached hydrogen (secondary N) is 3. The third kappa shape index (κ3) is 5.57. The third-order valence-electron chi connectivity index (χ3n) is 4.84. The molecule has 0 atom stereocenters. The van der Waals surface area contributed by atoms with Gasteiger partial charge in [0.05, 0.1) is 5.69 Å². The van der Waals surface area contributed by atoms with Crippen LogP contribution >= 0.6 is 0 Å². The zero-order valence-electron chi connectivity index (χ0n) is 18.1. The van der Waals surface area contributed by atoms with E-state index in [0.29, 0.717) is 24.5 Å². The monoisotopic (exact) mass is 430 g/mol. The number of fused-ring (bicyclic) bond motifs is 1. The second-order valence-electron chi connectivity index (χ2n) is 7.54. The van der Waals surface area contributed by atoms with Crippen LogP contribution in [0.25, 0.3) is 22.0 Å². The van der Waals surface area contributed by atoms with E-state index in [1.54, 1.807) is 12.1 Å². The van der Waals surface area contributed by atoms with Crippen molar-refractivity contribution < 1.29 is 14.4 Å². The molecule has 7 heteroatoms. The van der Waals surface area contributed by atoms with E-state index in [1.165, 1.54) is 6.08 Å². The number of benzene rings is 2. The maximum absolute atomic E-state index is 12.5. The van der Waals surface area contributed by atoms with Crippen molar-refractivity contribution >= 4 is 34.2 Å². The van der Waals surface area contributed by atoms with Crippen LogP contribution in [-0.2, 0) is 9.59 Å². The van der Waals surface area contributed by atoms with Crippen LogP contribution in [-0.4, -0.2) is 35.8 Å². The molecule has 2 aromatic carbocycles. The smallest absolute Gasteiger partial charge is 0.269 e. The summed E-state index contributed by atoms with van der Waals surface area (Å²) in [4.78, 5) is 40.3. The van der Waals surface area contributed by atoms with Gasteiger partial charge in [-0.3, -0.25) is 14.4 Å². The molecule has 0 aliphatic heterocycles. The molecule has 3 rings (SSSR count). The van der Waals surface area contributed by atoms with Crippen LogP contribution in [0.4, 0.5) is 5.69 Å². The minimum absolute atomic E-state index is 0.0562. The Bertz CT molecular complexity index is 1170. The van der Waals surface area contributed by atoms with Gasteiger partial charge in [-0.25, -0.2) is 4.98 Å². The van der Waals surface area contributed by atoms with Crippen LogP contribution in [0.5, 0.6) is 0 Å². The zero-order chi connectivity index (χ0) is 23.1. The molecule has 0 aliphatic carbocycles. The first-order valence-electron chi connectivity index (χ1n) is 10.4. The molecule has 164 valence electrons. The number of aromatic nitrogens is 1. The number of carbonyl (C=O) groups excluding carboxylic acids is 3. The lowest BCUT2D eigenvalue weighted by molar-refractivity contribution is -0.123. The number of nitrogens with zero attached hydrogens (tertiary/aromatic N) is 1. The van der Waals surface area contributed by atoms with Crippen LogP contribution in [0, 0.1) is 5.92 Å². The van der Waals surface area contributed by atoms with Gasteiger partial charge in [0.25, 0.3) is 5.91 Å². The summed E-state index contributed by atoms with van der Waals surface area (Å²) in [5, 5.41) is 10.2. The van der Waals surface area contributed by atoms with Crippen LogP contribution in [0.2, 0.25) is 0 Å². The molecule has 32 heavy (non-hydrogen) atoms. The number of amides is 3. The molecule has 0 saturated heterocycles. The highest BCUT2D eigenvalue weighted by molar-refractivity contribution is 6.06. The quantitative estimate of drug-likeness (QED) is 0.376. The van der Waals surface area contributed by atoms with E-state index >= 15 is 0 Å². The van der Waals surface area contributed by atoms with Gasteiger partial charge in [0.15, 0.2) is 0 Å². The molecule has 0 unspecified atom stereocenters. The molecule has 0 saturated carbocycles. The summed E-state index contributed by atoms with van der Waals surface area (Å²) >= 11 is 0. The minimum atomic E-state index is -0.314. The highest BCUT2D eigenvalue weighted by Gasteiger charge is 2.11. The summed E-state index contributed by atoms with van der Waals surface area (Å²) in [6.45, 7) is 7.78. The molecule has 3 N–H and O–H groups in total. The Morgan fingerprint density at radius 3 is 2.50 bits per heavy atom. The number of rotatable bonds is 8. The number of carbonyl (C=O) groups is 3. The average Bonchev–Trinajstić information content (AvgIpc) is 2.81. The summed E-state index contributed by atoms with van der Waals surface area (Å²) in [6.07, 6.45) is 1.22. The topological polar surface area (TPSA) is 100 Å². The molecule has 0 radical (unpaired) electrons. The Kier molecular flexibility index (Phi) is 7.33. The first kappa shape index (κ1) is 22.7. The van der Waals surface area contributed by atoms with Gasteiger partial charge in [0.2, 0.25) is 11.8 Å². The molecule has 0 bridgehead atoms. The van der Waals surface area contributed by atoms with E-state index in [1.807, 2.05) is 56.3 Å². The van der Waals surface area contributed by atoms with Crippen LogP contribution < -0.4 is 16.0 Å². The van der Waals surface area contributed by atoms with Crippen molar-refractivity contribution in [1.29, 1.82) is 0 Å². The third-order valence-corrected chi connectivity index (χ3v) is 4.84. The van der Waals surface area contributed by atoms with E-state index in [-0.39, 0.29) is 29.3 Å². The maximum Gasteiger partial charge on any atom is 0.269 e. The fraction of sp³-hybridized carbons (Fsp3) is 0.200. The molecule has 0 aliphatic rings. The Hall–Kier alpha value is -4.00. The van der Waals surface area contributed by atoms with Gasteiger partial charge in [-0.05, 0) is 35.7 Å². The van der Waals surface area contributed by atoms with E-state index in [0.717, 1.165) is 16.3 Å². The van der Waals surface area contributed by atoms with Crippen molar-refractivity contribution in [3.05, 3.63) is 72.9 Å². The largest absolute Gasteiger partial charge is 0.354 e. The summed E-state index contributed by atoms with van der Waals surface area (Å²) in [5.41, 5.74) is 2.41. The first-order valence-corrected chi connectivity index (χ1v) is 10.4. The predicted octanol–water partition coefficient (Wildman–Crippen LogP) is 3.53. The molecule has 0 spiro atoms. The van der Waals surface area contributed by atoms with Gasteiger partial charge in [-0.15, -0.1) is 0 Å². The lowest BCUT2D eigenvalue weighted by atomic mass is 10.0. The molecule has 7 nitrogen and oxygen atoms in total. The Morgan fingerprint density at radius 2 is 1.75 bits per heavy atom. The van der Waals surface area contributed by atoms with Crippen molar-refractivity contribution in [2.24, 2.45) is 5.92 Å². The van der Waals surface area contributed by atoms with E-state index < -0.39 is 0 Å². The molecular weight excluding hydrogens is 404 g/mol. The van der Waals surface area contributed by atoms with Crippen LogP contribution in [0.3, 0.4) is 0 Å². The van der Waals surface area contributed by atoms with Crippen LogP contribution in [0.1, 0.15) is 24.3 Å². The number of anilines is 1. The van der Waals surface area contributed by atoms with Gasteiger partial charge in [0.1, 0.15) is 5.69 Å². The molecule has 3 amide bonds. The highest BCUT2D eigenvalue weighted by Crippen LogP contribution is 2.28. The van der Waals surface area contributed by atoms with Crippen LogP contribution in [0.15, 0.2) is 67.3 Å². The Balaban J connectivity index is 1.77. The normalized spacial score (nSPS) is 10.6. The molecule has 1 aromatic heterocycles. The summed E-state index contributed by atoms with van der Waals surface area (Å²) < 4.78 is 0. The molecule has 1 heterocycles. The molecule has 0 fully saturated rings. The molecular formula is C25H26N4O3. The number of hydrogen-bond acceptors (Lipinski definition) is 4. The Labute approximate surface area is 186 Å². The van der Waals surface area contributed by atoms with E-state index in [2.05, 4.69) is 27.5 Å². The standard InChI is InChI=1S/C25H26N4O3/c1-4-23(30)29-21-9-5-7-17-11-12-18(15-19(17)21)20-8-6-10-22(28-20)25(32)27-14-13-26-24(31)16(2)3/h4-12,15-16H,1,13-14H2,2-3H3,(H,26,31)(H,27,32)(H,29,30). The molecule has 3 aromatic rings. The van der Waals surface area contributed by atoms with Crippen molar-refractivity contribution in [2.45, 2.75) is 13.8 Å². The second-order valence-corrected chi connectivity index (χ2v) is 7.54. The Morgan fingerprint density at radius 1 is 1.00 bits per heavy atom. The van der Waals surface area contributed by atoms with E-state index in [4.69, 9.17) is 0 Å². The van der Waals surface area contributed by atoms with Gasteiger partial charge < -0.3 is 16.0 Å². The van der Waals surface area contributed by atoms with Gasteiger partial charge in [-0.1, -0.05) is 50.8 Å². The van der Waals surface area contributed by atoms with E-state index in [9.17, 15) is 14.4 Å². The summed E-state index contributed by atoms with van der Waals surface area (Å²) in [5.74, 6) is -0.759. The summed E-state index contributed by atoms with van der Waals surface area (Å²) in [7, 11) is 0. The lowest BCUT2D eigenvalue weighted by Crippen LogP contribution is -2.36. The van der Waals surface area contributed by atoms with Crippen molar-refractivity contribution in [3.63, 3.8) is 0 Å². The first-order chi connectivity index (χ1) is 15.4. The number of hydrogen-bond donors (Lipinski definition) is 3. The fourth-order valence-electron chi connectivity index (χ4n) is 3.10. The lowest BCUT2D eigenvalue weighted by Gasteiger charge is -2.11. The van der Waals surface area contributed by atoms with Crippen molar-refractivity contribution in [3.8, 4) is 11.3 Å². The highest BCUT2D eigenvalue weighted by atomic mass is 16.2. The van der Waals surface area contributed by atoms with Gasteiger partial charge in [-0.2, -0.15) is 0 Å². The predicted molar refractivity (Wildman–Crippen MR) is 126 cm³/mol. The van der Waals surface area contributed by atoms with Crippen molar-refractivity contribution in [1.82, 2.24) is 15.6 Å². The SMILES string of the molecule is C=CC(=O)Nc1cccc2ccc(-c3cccc(C(=O)NCCNC(=O)C(C)C)n3)cc12. The van der Waals surface area contributed by atoms with Gasteiger partial charge >= 0.3 is 0 Å². The minimum Gasteiger partial charge on any atom is -0.354 e. The average molecular weight is 431 g/mol. The zero-order valence-corrected chi connectivity index (χ0v) is 18.1. The van der Waals surface area contributed by atoms with Gasteiger partial charge in [0, 0.05) is 35.6 Å². The maximum atomic E-state index is 12.5. The number of pyridine rings is 1. The summed E-state index contributed by atoms with van der Waals surface area (Å²) in [6, 6.07) is 16.7. The van der Waals surface area contributed by atoms with Crippen molar-refractivity contribution in [2.75, 3.05) is 18.4 Å². The second kappa shape index (κ2) is 10.3. The fourth-order valence-corrected chi connectivity index (χ4v) is 3.10.